The van der Waals surface area contributed by atoms with Gasteiger partial charge in [-0.05, 0) is 19.1 Å². The summed E-state index contributed by atoms with van der Waals surface area (Å²) in [5.74, 6) is -1.30. The first-order valence-electron chi connectivity index (χ1n) is 6.55. The predicted octanol–water partition coefficient (Wildman–Crippen LogP) is 0.767. The first-order chi connectivity index (χ1) is 9.60. The molecular formula is C12H18N4O3S. The molecule has 2 atom stereocenters. The number of rotatable bonds is 5. The molecule has 1 aliphatic carbocycles. The number of carboxylic acid groups (broad SMARTS) is 1. The minimum Gasteiger partial charge on any atom is -0.480 e. The largest absolute Gasteiger partial charge is 0.480 e. The third kappa shape index (κ3) is 3.72. The second-order valence-electron chi connectivity index (χ2n) is 4.83. The van der Waals surface area contributed by atoms with E-state index in [1.165, 1.54) is 12.6 Å². The zero-order valence-electron chi connectivity index (χ0n) is 11.3. The average molecular weight is 298 g/mol. The van der Waals surface area contributed by atoms with Crippen LogP contribution in [0.15, 0.2) is 6.20 Å². The summed E-state index contributed by atoms with van der Waals surface area (Å²) >= 11 is 1.77. The summed E-state index contributed by atoms with van der Waals surface area (Å²) in [6, 6.07) is 0.149. The fourth-order valence-corrected chi connectivity index (χ4v) is 3.34. The first-order valence-corrected chi connectivity index (χ1v) is 7.84. The molecule has 2 rings (SSSR count). The van der Waals surface area contributed by atoms with Crippen molar-refractivity contribution in [2.24, 2.45) is 0 Å². The number of thioether (sulfide) groups is 1. The van der Waals surface area contributed by atoms with Crippen molar-refractivity contribution >= 4 is 23.6 Å². The number of hydrogen-bond donors (Lipinski definition) is 2. The SMILES string of the molecule is CSC1CCCCC1NC(=O)c1cn(CC(=O)O)nn1. The molecule has 0 bridgehead atoms. The highest BCUT2D eigenvalue weighted by Crippen LogP contribution is 2.27. The van der Waals surface area contributed by atoms with Gasteiger partial charge < -0.3 is 10.4 Å². The summed E-state index contributed by atoms with van der Waals surface area (Å²) in [6.45, 7) is -0.294. The molecule has 2 N–H and O–H groups in total. The number of hydrogen-bond acceptors (Lipinski definition) is 5. The number of nitrogens with one attached hydrogen (secondary N) is 1. The molecule has 2 unspecified atom stereocenters. The van der Waals surface area contributed by atoms with Gasteiger partial charge in [0.25, 0.3) is 5.91 Å². The maximum absolute atomic E-state index is 12.1. The van der Waals surface area contributed by atoms with E-state index in [2.05, 4.69) is 21.9 Å². The van der Waals surface area contributed by atoms with Crippen LogP contribution < -0.4 is 5.32 Å². The minimum atomic E-state index is -1.02. The van der Waals surface area contributed by atoms with Crippen molar-refractivity contribution < 1.29 is 14.7 Å². The van der Waals surface area contributed by atoms with Gasteiger partial charge in [0.2, 0.25) is 0 Å². The van der Waals surface area contributed by atoms with Gasteiger partial charge in [-0.2, -0.15) is 11.8 Å². The third-order valence-electron chi connectivity index (χ3n) is 3.39. The topological polar surface area (TPSA) is 97.1 Å². The highest BCUT2D eigenvalue weighted by Gasteiger charge is 2.26. The molecule has 1 aromatic heterocycles. The zero-order valence-corrected chi connectivity index (χ0v) is 12.1. The molecule has 0 aromatic carbocycles. The van der Waals surface area contributed by atoms with Crippen LogP contribution in [-0.4, -0.2) is 49.5 Å². The van der Waals surface area contributed by atoms with Crippen LogP contribution in [-0.2, 0) is 11.3 Å². The van der Waals surface area contributed by atoms with Gasteiger partial charge in [0.1, 0.15) is 6.54 Å². The monoisotopic (exact) mass is 298 g/mol. The minimum absolute atomic E-state index is 0.149. The summed E-state index contributed by atoms with van der Waals surface area (Å²) in [7, 11) is 0. The molecule has 0 radical (unpaired) electrons. The van der Waals surface area contributed by atoms with E-state index in [4.69, 9.17) is 5.11 Å². The van der Waals surface area contributed by atoms with Crippen LogP contribution in [0.1, 0.15) is 36.2 Å². The molecule has 1 fully saturated rings. The molecule has 0 aliphatic heterocycles. The standard InChI is InChI=1S/C12H18N4O3S/c1-20-10-5-3-2-4-8(10)13-12(19)9-6-16(15-14-9)7-11(17)18/h6,8,10H,2-5,7H2,1H3,(H,13,19)(H,17,18). The number of amides is 1. The van der Waals surface area contributed by atoms with Crippen molar-refractivity contribution in [3.63, 3.8) is 0 Å². The van der Waals surface area contributed by atoms with Crippen LogP contribution in [0.5, 0.6) is 0 Å². The Morgan fingerprint density at radius 1 is 1.50 bits per heavy atom. The van der Waals surface area contributed by atoms with Gasteiger partial charge in [0, 0.05) is 11.3 Å². The molecule has 1 amide bonds. The van der Waals surface area contributed by atoms with Crippen LogP contribution in [0.3, 0.4) is 0 Å². The Kier molecular flexibility index (Phi) is 4.99. The van der Waals surface area contributed by atoms with Crippen LogP contribution in [0.2, 0.25) is 0 Å². The normalized spacial score (nSPS) is 22.4. The number of aliphatic carboxylic acids is 1. The van der Waals surface area contributed by atoms with Crippen molar-refractivity contribution in [2.75, 3.05) is 6.26 Å². The van der Waals surface area contributed by atoms with Gasteiger partial charge >= 0.3 is 5.97 Å². The maximum atomic E-state index is 12.1. The van der Waals surface area contributed by atoms with Crippen molar-refractivity contribution in [1.82, 2.24) is 20.3 Å². The Bertz CT molecular complexity index is 491. The van der Waals surface area contributed by atoms with Crippen molar-refractivity contribution in [3.05, 3.63) is 11.9 Å². The molecule has 110 valence electrons. The lowest BCUT2D eigenvalue weighted by Crippen LogP contribution is -2.43. The molecular weight excluding hydrogens is 280 g/mol. The highest BCUT2D eigenvalue weighted by molar-refractivity contribution is 7.99. The molecule has 1 aromatic rings. The van der Waals surface area contributed by atoms with Crippen molar-refractivity contribution in [1.29, 1.82) is 0 Å². The molecule has 8 heteroatoms. The lowest BCUT2D eigenvalue weighted by molar-refractivity contribution is -0.137. The number of carbonyl (C=O) groups excluding carboxylic acids is 1. The molecule has 1 heterocycles. The third-order valence-corrected chi connectivity index (χ3v) is 4.56. The molecule has 0 spiro atoms. The van der Waals surface area contributed by atoms with E-state index in [0.29, 0.717) is 5.25 Å². The van der Waals surface area contributed by atoms with Gasteiger partial charge in [-0.3, -0.25) is 9.59 Å². The second-order valence-corrected chi connectivity index (χ2v) is 5.91. The fraction of sp³-hybridized carbons (Fsp3) is 0.667. The Morgan fingerprint density at radius 3 is 2.95 bits per heavy atom. The first kappa shape index (κ1) is 14.8. The van der Waals surface area contributed by atoms with E-state index >= 15 is 0 Å². The van der Waals surface area contributed by atoms with Crippen molar-refractivity contribution in [2.45, 2.75) is 43.5 Å². The molecule has 1 saturated carbocycles. The Balaban J connectivity index is 1.96. The number of nitrogens with zero attached hydrogens (tertiary/aromatic N) is 3. The molecule has 20 heavy (non-hydrogen) atoms. The van der Waals surface area contributed by atoms with Crippen LogP contribution >= 0.6 is 11.8 Å². The Hall–Kier alpha value is -1.57. The predicted molar refractivity (Wildman–Crippen MR) is 74.7 cm³/mol. The Morgan fingerprint density at radius 2 is 2.25 bits per heavy atom. The van der Waals surface area contributed by atoms with Gasteiger partial charge in [-0.1, -0.05) is 18.1 Å². The summed E-state index contributed by atoms with van der Waals surface area (Å²) in [5, 5.41) is 19.4. The van der Waals surface area contributed by atoms with Gasteiger partial charge in [-0.15, -0.1) is 5.10 Å². The van der Waals surface area contributed by atoms with Gasteiger partial charge in [0.05, 0.1) is 6.20 Å². The lowest BCUT2D eigenvalue weighted by atomic mass is 9.95. The fourth-order valence-electron chi connectivity index (χ4n) is 2.40. The lowest BCUT2D eigenvalue weighted by Gasteiger charge is -2.30. The van der Waals surface area contributed by atoms with E-state index in [9.17, 15) is 9.59 Å². The maximum Gasteiger partial charge on any atom is 0.325 e. The summed E-state index contributed by atoms with van der Waals surface area (Å²) in [5.41, 5.74) is 0.164. The van der Waals surface area contributed by atoms with E-state index in [1.807, 2.05) is 0 Å². The van der Waals surface area contributed by atoms with Crippen LogP contribution in [0, 0.1) is 0 Å². The zero-order chi connectivity index (χ0) is 14.5. The van der Waals surface area contributed by atoms with E-state index in [-0.39, 0.29) is 24.2 Å². The molecule has 7 nitrogen and oxygen atoms in total. The number of carbonyl (C=O) groups is 2. The van der Waals surface area contributed by atoms with E-state index in [0.717, 1.165) is 23.9 Å². The Labute approximate surface area is 121 Å². The highest BCUT2D eigenvalue weighted by atomic mass is 32.2. The van der Waals surface area contributed by atoms with Gasteiger partial charge in [0.15, 0.2) is 5.69 Å². The van der Waals surface area contributed by atoms with Crippen LogP contribution in [0.25, 0.3) is 0 Å². The van der Waals surface area contributed by atoms with E-state index < -0.39 is 5.97 Å². The van der Waals surface area contributed by atoms with Gasteiger partial charge in [-0.25, -0.2) is 4.68 Å². The smallest absolute Gasteiger partial charge is 0.325 e. The number of aromatic nitrogens is 3. The number of carboxylic acids is 1. The van der Waals surface area contributed by atoms with E-state index in [1.54, 1.807) is 11.8 Å². The summed E-state index contributed by atoms with van der Waals surface area (Å²) < 4.78 is 1.14. The average Bonchev–Trinajstić information content (AvgIpc) is 2.87. The summed E-state index contributed by atoms with van der Waals surface area (Å²) in [6.07, 6.45) is 7.82. The quantitative estimate of drug-likeness (QED) is 0.833. The van der Waals surface area contributed by atoms with Crippen molar-refractivity contribution in [3.8, 4) is 0 Å². The molecule has 0 saturated heterocycles. The summed E-state index contributed by atoms with van der Waals surface area (Å²) in [4.78, 5) is 22.6. The van der Waals surface area contributed by atoms with Crippen LogP contribution in [0.4, 0.5) is 0 Å². The second kappa shape index (κ2) is 6.74. The molecule has 1 aliphatic rings.